The Bertz CT molecular complexity index is 694. The fourth-order valence-corrected chi connectivity index (χ4v) is 3.23. The third kappa shape index (κ3) is 6.42. The third-order valence-corrected chi connectivity index (χ3v) is 4.78. The Labute approximate surface area is 163 Å². The molecule has 0 amide bonds. The molecule has 146 valence electrons. The topological polar surface area (TPSA) is 35.5 Å². The lowest BCUT2D eigenvalue weighted by atomic mass is 9.97. The van der Waals surface area contributed by atoms with Crippen LogP contribution in [0.3, 0.4) is 0 Å². The first-order chi connectivity index (χ1) is 13.2. The van der Waals surface area contributed by atoms with Crippen molar-refractivity contribution in [2.75, 3.05) is 0 Å². The van der Waals surface area contributed by atoms with Gasteiger partial charge in [0, 0.05) is 0 Å². The van der Waals surface area contributed by atoms with Gasteiger partial charge in [-0.25, -0.2) is 4.79 Å². The van der Waals surface area contributed by atoms with Crippen LogP contribution in [0, 0.1) is 0 Å². The average Bonchev–Trinajstić information content (AvgIpc) is 2.70. The molecule has 0 saturated carbocycles. The van der Waals surface area contributed by atoms with Crippen LogP contribution in [0.5, 0.6) is 5.75 Å². The molecule has 0 radical (unpaired) electrons. The second kappa shape index (κ2) is 11.4. The molecule has 0 bridgehead atoms. The fraction of sp³-hybridized carbons (Fsp3) is 0.458. The summed E-state index contributed by atoms with van der Waals surface area (Å²) in [6.07, 6.45) is 6.20. The zero-order valence-corrected chi connectivity index (χ0v) is 16.9. The molecule has 2 rings (SSSR count). The highest BCUT2D eigenvalue weighted by Crippen LogP contribution is 2.28. The minimum atomic E-state index is -0.629. The van der Waals surface area contributed by atoms with E-state index in [1.54, 1.807) is 0 Å². The van der Waals surface area contributed by atoms with E-state index in [4.69, 9.17) is 9.47 Å². The summed E-state index contributed by atoms with van der Waals surface area (Å²) in [6.45, 7) is 6.37. The minimum absolute atomic E-state index is 0.291. The van der Waals surface area contributed by atoms with E-state index in [1.807, 2.05) is 49.4 Å². The number of benzene rings is 2. The lowest BCUT2D eigenvalue weighted by Gasteiger charge is -2.18. The predicted molar refractivity (Wildman–Crippen MR) is 110 cm³/mol. The quantitative estimate of drug-likeness (QED) is 0.333. The Morgan fingerprint density at radius 3 is 2.26 bits per heavy atom. The molecule has 0 saturated heterocycles. The Balaban J connectivity index is 2.13. The highest BCUT2D eigenvalue weighted by Gasteiger charge is 2.18. The van der Waals surface area contributed by atoms with Crippen LogP contribution < -0.4 is 4.74 Å². The van der Waals surface area contributed by atoms with Crippen LogP contribution in [0.4, 0.5) is 4.79 Å². The molecule has 0 aliphatic rings. The Morgan fingerprint density at radius 2 is 1.59 bits per heavy atom. The summed E-state index contributed by atoms with van der Waals surface area (Å²) < 4.78 is 11.3. The van der Waals surface area contributed by atoms with Gasteiger partial charge in [0.15, 0.2) is 0 Å². The lowest BCUT2D eigenvalue weighted by molar-refractivity contribution is 0.0558. The smallest absolute Gasteiger partial charge is 0.426 e. The Hall–Kier alpha value is -2.29. The number of ether oxygens (including phenoxy) is 2. The molecular weight excluding hydrogens is 336 g/mol. The van der Waals surface area contributed by atoms with Crippen molar-refractivity contribution in [1.82, 2.24) is 0 Å². The van der Waals surface area contributed by atoms with E-state index in [0.717, 1.165) is 49.7 Å². The van der Waals surface area contributed by atoms with Gasteiger partial charge in [-0.3, -0.25) is 0 Å². The maximum absolute atomic E-state index is 12.5. The van der Waals surface area contributed by atoms with Crippen molar-refractivity contribution in [3.05, 3.63) is 65.2 Å². The molecule has 1 atom stereocenters. The number of unbranched alkanes of at least 4 members (excludes halogenated alkanes) is 2. The molecule has 3 nitrogen and oxygen atoms in total. The van der Waals surface area contributed by atoms with Crippen LogP contribution in [0.15, 0.2) is 48.5 Å². The summed E-state index contributed by atoms with van der Waals surface area (Å²) >= 11 is 0. The van der Waals surface area contributed by atoms with E-state index < -0.39 is 6.16 Å². The van der Waals surface area contributed by atoms with Gasteiger partial charge in [-0.05, 0) is 54.9 Å². The van der Waals surface area contributed by atoms with Gasteiger partial charge in [0.2, 0.25) is 0 Å². The summed E-state index contributed by atoms with van der Waals surface area (Å²) in [5.74, 6) is 0.643. The van der Waals surface area contributed by atoms with Crippen LogP contribution in [-0.4, -0.2) is 6.16 Å². The molecule has 0 N–H and O–H groups in total. The largest absolute Gasteiger partial charge is 0.514 e. The lowest BCUT2D eigenvalue weighted by Crippen LogP contribution is -2.16. The van der Waals surface area contributed by atoms with Gasteiger partial charge in [0.25, 0.3) is 0 Å². The van der Waals surface area contributed by atoms with Crippen LogP contribution in [0.2, 0.25) is 0 Å². The van der Waals surface area contributed by atoms with Crippen molar-refractivity contribution in [3.63, 3.8) is 0 Å². The molecule has 0 heterocycles. The molecule has 1 unspecified atom stereocenters. The van der Waals surface area contributed by atoms with E-state index in [-0.39, 0.29) is 6.10 Å². The van der Waals surface area contributed by atoms with Crippen molar-refractivity contribution in [1.29, 1.82) is 0 Å². The van der Waals surface area contributed by atoms with Crippen molar-refractivity contribution in [2.24, 2.45) is 0 Å². The molecule has 2 aromatic rings. The molecule has 3 heteroatoms. The average molecular weight is 369 g/mol. The highest BCUT2D eigenvalue weighted by atomic mass is 16.7. The Morgan fingerprint density at radius 1 is 0.889 bits per heavy atom. The number of rotatable bonds is 10. The molecular formula is C24H32O3. The highest BCUT2D eigenvalue weighted by molar-refractivity contribution is 5.65. The zero-order valence-electron chi connectivity index (χ0n) is 16.9. The first kappa shape index (κ1) is 21.0. The fourth-order valence-electron chi connectivity index (χ4n) is 3.23. The zero-order chi connectivity index (χ0) is 19.5. The third-order valence-electron chi connectivity index (χ3n) is 4.78. The summed E-state index contributed by atoms with van der Waals surface area (Å²) in [4.78, 5) is 12.5. The summed E-state index contributed by atoms with van der Waals surface area (Å²) in [5, 5.41) is 0. The van der Waals surface area contributed by atoms with Crippen LogP contribution in [0.25, 0.3) is 0 Å². The van der Waals surface area contributed by atoms with Crippen molar-refractivity contribution < 1.29 is 14.3 Å². The van der Waals surface area contributed by atoms with Crippen LogP contribution in [-0.2, 0) is 17.6 Å². The number of hydrogen-bond donors (Lipinski definition) is 0. The van der Waals surface area contributed by atoms with Crippen LogP contribution >= 0.6 is 0 Å². The van der Waals surface area contributed by atoms with Gasteiger partial charge in [-0.1, -0.05) is 76.1 Å². The van der Waals surface area contributed by atoms with E-state index in [9.17, 15) is 4.79 Å². The Kier molecular flexibility index (Phi) is 8.90. The molecule has 0 aromatic heterocycles. The molecule has 0 aliphatic heterocycles. The standard InChI is InChI=1S/C24H32O3/c1-4-7-13-19-16-12-18-23(21(19)17-8-5-2)27-24(25)26-22(6-3)20-14-10-9-11-15-20/h9-12,14-16,18,22H,4-8,13,17H2,1-3H3. The molecule has 0 fully saturated rings. The number of carbonyl (C=O) groups excluding carboxylic acids is 1. The van der Waals surface area contributed by atoms with E-state index in [1.165, 1.54) is 5.56 Å². The van der Waals surface area contributed by atoms with Gasteiger partial charge in [0.05, 0.1) is 0 Å². The molecule has 27 heavy (non-hydrogen) atoms. The van der Waals surface area contributed by atoms with E-state index in [2.05, 4.69) is 19.9 Å². The first-order valence-corrected chi connectivity index (χ1v) is 10.2. The van der Waals surface area contributed by atoms with Crippen molar-refractivity contribution in [2.45, 2.75) is 71.8 Å². The SMILES string of the molecule is CCCCc1cccc(OC(=O)OC(CC)c2ccccc2)c1CCCC. The van der Waals surface area contributed by atoms with Gasteiger partial charge >= 0.3 is 6.16 Å². The summed E-state index contributed by atoms with van der Waals surface area (Å²) in [7, 11) is 0. The van der Waals surface area contributed by atoms with Gasteiger partial charge in [0.1, 0.15) is 11.9 Å². The first-order valence-electron chi connectivity index (χ1n) is 10.2. The van der Waals surface area contributed by atoms with Crippen molar-refractivity contribution >= 4 is 6.16 Å². The predicted octanol–water partition coefficient (Wildman–Crippen LogP) is 7.04. The number of carbonyl (C=O) groups is 1. The van der Waals surface area contributed by atoms with Crippen molar-refractivity contribution in [3.8, 4) is 5.75 Å². The second-order valence-corrected chi connectivity index (χ2v) is 6.88. The normalized spacial score (nSPS) is 11.8. The summed E-state index contributed by atoms with van der Waals surface area (Å²) in [5.41, 5.74) is 3.42. The van der Waals surface area contributed by atoms with E-state index >= 15 is 0 Å². The molecule has 0 aliphatic carbocycles. The van der Waals surface area contributed by atoms with Gasteiger partial charge < -0.3 is 9.47 Å². The maximum atomic E-state index is 12.5. The van der Waals surface area contributed by atoms with E-state index in [0.29, 0.717) is 12.2 Å². The molecule has 0 spiro atoms. The minimum Gasteiger partial charge on any atom is -0.426 e. The van der Waals surface area contributed by atoms with Gasteiger partial charge in [-0.2, -0.15) is 0 Å². The van der Waals surface area contributed by atoms with Crippen LogP contribution in [0.1, 0.15) is 75.7 Å². The number of aryl methyl sites for hydroxylation is 1. The molecule has 2 aromatic carbocycles. The number of hydrogen-bond acceptors (Lipinski definition) is 3. The monoisotopic (exact) mass is 368 g/mol. The second-order valence-electron chi connectivity index (χ2n) is 6.88. The summed E-state index contributed by atoms with van der Waals surface area (Å²) in [6, 6.07) is 15.8. The van der Waals surface area contributed by atoms with Gasteiger partial charge in [-0.15, -0.1) is 0 Å². The maximum Gasteiger partial charge on any atom is 0.514 e.